The molecule has 0 aliphatic rings. The van der Waals surface area contributed by atoms with E-state index in [9.17, 15) is 23.1 Å². The van der Waals surface area contributed by atoms with Gasteiger partial charge in [0.05, 0.1) is 17.9 Å². The van der Waals surface area contributed by atoms with Gasteiger partial charge in [-0.3, -0.25) is 4.40 Å². The number of halogens is 3. The maximum Gasteiger partial charge on any atom is 0.435 e. The number of alkyl halides is 3. The molecule has 0 aliphatic carbocycles. The molecule has 1 unspecified atom stereocenters. The standard InChI is InChI=1S/C19H17F3N2O3/c1-3-27-18(26)13-9-11(2)24-14(10-13)23-17(19(20,21)22)15(24)16(25)12-7-5-4-6-8-12/h4-10,16,25H,3H2,1-2H3. The number of hydrogen-bond donors (Lipinski definition) is 1. The maximum absolute atomic E-state index is 13.6. The van der Waals surface area contributed by atoms with E-state index in [2.05, 4.69) is 4.98 Å². The largest absolute Gasteiger partial charge is 0.462 e. The van der Waals surface area contributed by atoms with E-state index in [1.54, 1.807) is 32.0 Å². The van der Waals surface area contributed by atoms with Crippen molar-refractivity contribution in [1.82, 2.24) is 9.38 Å². The number of esters is 1. The van der Waals surface area contributed by atoms with Gasteiger partial charge < -0.3 is 9.84 Å². The summed E-state index contributed by atoms with van der Waals surface area (Å²) in [4.78, 5) is 15.6. The molecule has 0 bridgehead atoms. The van der Waals surface area contributed by atoms with Crippen LogP contribution in [0.1, 0.15) is 46.0 Å². The summed E-state index contributed by atoms with van der Waals surface area (Å²) < 4.78 is 46.9. The average molecular weight is 378 g/mol. The number of rotatable bonds is 4. The van der Waals surface area contributed by atoms with Crippen LogP contribution in [0.2, 0.25) is 0 Å². The zero-order chi connectivity index (χ0) is 19.8. The summed E-state index contributed by atoms with van der Waals surface area (Å²) in [7, 11) is 0. The summed E-state index contributed by atoms with van der Waals surface area (Å²) >= 11 is 0. The predicted octanol–water partition coefficient (Wildman–Crippen LogP) is 3.92. The fraction of sp³-hybridized carbons (Fsp3) is 0.263. The minimum absolute atomic E-state index is 0.0876. The summed E-state index contributed by atoms with van der Waals surface area (Å²) in [6, 6.07) is 10.7. The van der Waals surface area contributed by atoms with E-state index >= 15 is 0 Å². The molecule has 0 saturated carbocycles. The van der Waals surface area contributed by atoms with Crippen molar-refractivity contribution < 1.29 is 27.8 Å². The molecule has 0 fully saturated rings. The quantitative estimate of drug-likeness (QED) is 0.699. The zero-order valence-electron chi connectivity index (χ0n) is 14.6. The van der Waals surface area contributed by atoms with Gasteiger partial charge in [-0.15, -0.1) is 0 Å². The van der Waals surface area contributed by atoms with Gasteiger partial charge in [-0.2, -0.15) is 13.2 Å². The fourth-order valence-corrected chi connectivity index (χ4v) is 2.97. The van der Waals surface area contributed by atoms with Gasteiger partial charge in [-0.25, -0.2) is 9.78 Å². The Morgan fingerprint density at radius 1 is 1.26 bits per heavy atom. The number of hydrogen-bond acceptors (Lipinski definition) is 4. The lowest BCUT2D eigenvalue weighted by molar-refractivity contribution is -0.142. The second kappa shape index (κ2) is 7.03. The summed E-state index contributed by atoms with van der Waals surface area (Å²) in [6.07, 6.45) is -6.31. The van der Waals surface area contributed by atoms with Crippen LogP contribution in [-0.4, -0.2) is 27.1 Å². The maximum atomic E-state index is 13.6. The van der Waals surface area contributed by atoms with Crippen LogP contribution in [0.15, 0.2) is 42.5 Å². The molecular formula is C19H17F3N2O3. The lowest BCUT2D eigenvalue weighted by Gasteiger charge is -2.16. The molecular weight excluding hydrogens is 361 g/mol. The molecule has 8 heteroatoms. The highest BCUT2D eigenvalue weighted by Gasteiger charge is 2.40. The first-order chi connectivity index (χ1) is 12.7. The Balaban J connectivity index is 2.26. The van der Waals surface area contributed by atoms with E-state index in [0.29, 0.717) is 11.3 Å². The Hall–Kier alpha value is -2.87. The van der Waals surface area contributed by atoms with Crippen LogP contribution in [0.5, 0.6) is 0 Å². The van der Waals surface area contributed by atoms with E-state index in [0.717, 1.165) is 0 Å². The number of pyridine rings is 1. The smallest absolute Gasteiger partial charge is 0.435 e. The van der Waals surface area contributed by atoms with Crippen molar-refractivity contribution in [1.29, 1.82) is 0 Å². The highest BCUT2D eigenvalue weighted by molar-refractivity contribution is 5.90. The van der Waals surface area contributed by atoms with Crippen LogP contribution in [0.3, 0.4) is 0 Å². The van der Waals surface area contributed by atoms with E-state index < -0.39 is 29.6 Å². The van der Waals surface area contributed by atoms with Gasteiger partial charge in [-0.05, 0) is 31.5 Å². The molecule has 5 nitrogen and oxygen atoms in total. The van der Waals surface area contributed by atoms with Crippen LogP contribution in [-0.2, 0) is 10.9 Å². The number of aromatic nitrogens is 2. The molecule has 1 aromatic carbocycles. The van der Waals surface area contributed by atoms with Gasteiger partial charge in [0.2, 0.25) is 0 Å². The summed E-state index contributed by atoms with van der Waals surface area (Å²) in [5.41, 5.74) is -0.946. The topological polar surface area (TPSA) is 63.8 Å². The highest BCUT2D eigenvalue weighted by atomic mass is 19.4. The Morgan fingerprint density at radius 3 is 2.52 bits per heavy atom. The number of aryl methyl sites for hydroxylation is 1. The molecule has 142 valence electrons. The minimum atomic E-state index is -4.77. The van der Waals surface area contributed by atoms with Crippen LogP contribution in [0.4, 0.5) is 13.2 Å². The number of imidazole rings is 1. The molecule has 1 N–H and O–H groups in total. The Bertz CT molecular complexity index is 981. The van der Waals surface area contributed by atoms with Gasteiger partial charge in [-0.1, -0.05) is 30.3 Å². The minimum Gasteiger partial charge on any atom is -0.462 e. The molecule has 1 atom stereocenters. The molecule has 0 aliphatic heterocycles. The third kappa shape index (κ3) is 3.52. The van der Waals surface area contributed by atoms with Crippen LogP contribution >= 0.6 is 0 Å². The number of ether oxygens (including phenoxy) is 1. The second-order valence-electron chi connectivity index (χ2n) is 5.96. The van der Waals surface area contributed by atoms with Crippen LogP contribution < -0.4 is 0 Å². The van der Waals surface area contributed by atoms with Crippen molar-refractivity contribution >= 4 is 11.6 Å². The van der Waals surface area contributed by atoms with Crippen molar-refractivity contribution in [2.75, 3.05) is 6.61 Å². The van der Waals surface area contributed by atoms with E-state index in [-0.39, 0.29) is 17.8 Å². The van der Waals surface area contributed by atoms with Crippen LogP contribution in [0, 0.1) is 6.92 Å². The van der Waals surface area contributed by atoms with Crippen molar-refractivity contribution in [3.8, 4) is 0 Å². The zero-order valence-corrected chi connectivity index (χ0v) is 14.6. The summed E-state index contributed by atoms with van der Waals surface area (Å²) in [6.45, 7) is 3.32. The molecule has 0 radical (unpaired) electrons. The third-order valence-corrected chi connectivity index (χ3v) is 4.09. The lowest BCUT2D eigenvalue weighted by atomic mass is 10.0. The van der Waals surface area contributed by atoms with E-state index in [1.807, 2.05) is 0 Å². The first-order valence-electron chi connectivity index (χ1n) is 8.24. The number of carbonyl (C=O) groups is 1. The first kappa shape index (κ1) is 18.9. The molecule has 27 heavy (non-hydrogen) atoms. The van der Waals surface area contributed by atoms with E-state index in [1.165, 1.54) is 28.7 Å². The van der Waals surface area contributed by atoms with E-state index in [4.69, 9.17) is 4.74 Å². The second-order valence-corrected chi connectivity index (χ2v) is 5.96. The number of carbonyl (C=O) groups excluding carboxylic acids is 1. The number of fused-ring (bicyclic) bond motifs is 1. The van der Waals surface area contributed by atoms with Gasteiger partial charge in [0.25, 0.3) is 0 Å². The monoisotopic (exact) mass is 378 g/mol. The highest BCUT2D eigenvalue weighted by Crippen LogP contribution is 2.37. The van der Waals surface area contributed by atoms with Crippen molar-refractivity contribution in [2.45, 2.75) is 26.1 Å². The Morgan fingerprint density at radius 2 is 1.93 bits per heavy atom. The summed E-state index contributed by atoms with van der Waals surface area (Å²) in [5.74, 6) is -0.648. The molecule has 0 spiro atoms. The third-order valence-electron chi connectivity index (χ3n) is 4.09. The Kier molecular flexibility index (Phi) is 4.93. The molecule has 2 aromatic heterocycles. The average Bonchev–Trinajstić information content (AvgIpc) is 3.02. The van der Waals surface area contributed by atoms with Crippen molar-refractivity contribution in [2.24, 2.45) is 0 Å². The van der Waals surface area contributed by atoms with Crippen molar-refractivity contribution in [3.05, 3.63) is 70.7 Å². The van der Waals surface area contributed by atoms with Gasteiger partial charge >= 0.3 is 12.1 Å². The Labute approximate surface area is 153 Å². The van der Waals surface area contributed by atoms with Crippen LogP contribution in [0.25, 0.3) is 5.65 Å². The fourth-order valence-electron chi connectivity index (χ4n) is 2.97. The molecule has 2 heterocycles. The van der Waals surface area contributed by atoms with Gasteiger partial charge in [0, 0.05) is 5.69 Å². The first-order valence-corrected chi connectivity index (χ1v) is 8.24. The molecule has 3 rings (SSSR count). The number of nitrogens with zero attached hydrogens (tertiary/aromatic N) is 2. The number of aliphatic hydroxyl groups is 1. The van der Waals surface area contributed by atoms with Crippen molar-refractivity contribution in [3.63, 3.8) is 0 Å². The number of aliphatic hydroxyl groups excluding tert-OH is 1. The molecule has 0 saturated heterocycles. The summed E-state index contributed by atoms with van der Waals surface area (Å²) in [5, 5.41) is 10.7. The normalized spacial score (nSPS) is 13.0. The predicted molar refractivity (Wildman–Crippen MR) is 91.4 cm³/mol. The number of benzene rings is 1. The van der Waals surface area contributed by atoms with Gasteiger partial charge in [0.15, 0.2) is 5.69 Å². The molecule has 3 aromatic rings. The lowest BCUT2D eigenvalue weighted by Crippen LogP contribution is -2.15. The molecule has 0 amide bonds. The SMILES string of the molecule is CCOC(=O)c1cc(C)n2c(C(O)c3ccccc3)c(C(F)(F)F)nc2c1. The van der Waals surface area contributed by atoms with Gasteiger partial charge in [0.1, 0.15) is 11.8 Å².